The van der Waals surface area contributed by atoms with Crippen LogP contribution in [0.15, 0.2) is 205 Å². The molecule has 10 rings (SSSR count). The van der Waals surface area contributed by atoms with Gasteiger partial charge >= 0.3 is 0 Å². The number of benzene rings is 9. The summed E-state index contributed by atoms with van der Waals surface area (Å²) in [6.45, 7) is 0. The summed E-state index contributed by atoms with van der Waals surface area (Å²) in [4.78, 5) is 2.40. The predicted molar refractivity (Wildman–Crippen MR) is 220 cm³/mol. The van der Waals surface area contributed by atoms with E-state index < -0.39 is 0 Å². The molecule has 0 aliphatic heterocycles. The highest BCUT2D eigenvalue weighted by Crippen LogP contribution is 2.46. The lowest BCUT2D eigenvalue weighted by molar-refractivity contribution is 0.674. The van der Waals surface area contributed by atoms with Gasteiger partial charge in [0.15, 0.2) is 0 Å². The topological polar surface area (TPSA) is 16.4 Å². The number of hydrogen-bond acceptors (Lipinski definition) is 2. The zero-order chi connectivity index (χ0) is 34.4. The molecule has 1 heterocycles. The van der Waals surface area contributed by atoms with Crippen molar-refractivity contribution >= 4 is 60.5 Å². The molecule has 0 N–H and O–H groups in total. The Balaban J connectivity index is 1.20. The van der Waals surface area contributed by atoms with Crippen molar-refractivity contribution in [3.63, 3.8) is 0 Å². The monoisotopic (exact) mass is 663 g/mol. The maximum atomic E-state index is 6.95. The number of hydrogen-bond donors (Lipinski definition) is 0. The molecule has 0 aliphatic rings. The van der Waals surface area contributed by atoms with Crippen molar-refractivity contribution in [2.75, 3.05) is 4.90 Å². The summed E-state index contributed by atoms with van der Waals surface area (Å²) in [5.41, 5.74) is 12.1. The first-order chi connectivity index (χ1) is 25.8. The summed E-state index contributed by atoms with van der Waals surface area (Å²) < 4.78 is 6.95. The van der Waals surface area contributed by atoms with Crippen LogP contribution in [0.1, 0.15) is 0 Å². The largest absolute Gasteiger partial charge is 0.455 e. The van der Waals surface area contributed by atoms with Crippen LogP contribution in [0.25, 0.3) is 76.9 Å². The summed E-state index contributed by atoms with van der Waals surface area (Å²) in [5, 5.41) is 6.82. The molecule has 0 amide bonds. The molecule has 52 heavy (non-hydrogen) atoms. The zero-order valence-corrected chi connectivity index (χ0v) is 28.4. The van der Waals surface area contributed by atoms with Crippen LogP contribution in [0.2, 0.25) is 0 Å². The lowest BCUT2D eigenvalue weighted by Gasteiger charge is -2.27. The molecule has 0 spiro atoms. The van der Waals surface area contributed by atoms with Gasteiger partial charge < -0.3 is 9.32 Å². The van der Waals surface area contributed by atoms with Gasteiger partial charge in [0.25, 0.3) is 0 Å². The number of nitrogens with zero attached hydrogens (tertiary/aromatic N) is 1. The fourth-order valence-corrected chi connectivity index (χ4v) is 7.69. The van der Waals surface area contributed by atoms with Crippen LogP contribution in [0.4, 0.5) is 17.1 Å². The molecule has 2 nitrogen and oxygen atoms in total. The Bertz CT molecular complexity index is 2890. The number of para-hydroxylation sites is 1. The normalized spacial score (nSPS) is 11.5. The van der Waals surface area contributed by atoms with E-state index in [1.165, 1.54) is 33.0 Å². The van der Waals surface area contributed by atoms with E-state index in [0.29, 0.717) is 0 Å². The van der Waals surface area contributed by atoms with Gasteiger partial charge in [0.2, 0.25) is 0 Å². The van der Waals surface area contributed by atoms with Gasteiger partial charge in [0, 0.05) is 38.5 Å². The highest BCUT2D eigenvalue weighted by Gasteiger charge is 2.22. The minimum Gasteiger partial charge on any atom is -0.455 e. The van der Waals surface area contributed by atoms with Crippen LogP contribution >= 0.6 is 0 Å². The van der Waals surface area contributed by atoms with Crippen molar-refractivity contribution in [3.05, 3.63) is 200 Å². The molecule has 0 bridgehead atoms. The van der Waals surface area contributed by atoms with Crippen molar-refractivity contribution in [2.45, 2.75) is 0 Å². The second kappa shape index (κ2) is 12.5. The number of fused-ring (bicyclic) bond motifs is 6. The van der Waals surface area contributed by atoms with Gasteiger partial charge in [-0.15, -0.1) is 0 Å². The highest BCUT2D eigenvalue weighted by molar-refractivity contribution is 6.21. The number of anilines is 3. The molecule has 10 aromatic rings. The average Bonchev–Trinajstić information content (AvgIpc) is 3.61. The van der Waals surface area contributed by atoms with E-state index in [-0.39, 0.29) is 0 Å². The van der Waals surface area contributed by atoms with Crippen LogP contribution in [0, 0.1) is 0 Å². The first kappa shape index (κ1) is 30.0. The molecular weight excluding hydrogens is 631 g/mol. The van der Waals surface area contributed by atoms with E-state index >= 15 is 0 Å². The summed E-state index contributed by atoms with van der Waals surface area (Å²) in [7, 11) is 0. The smallest absolute Gasteiger partial charge is 0.143 e. The van der Waals surface area contributed by atoms with E-state index in [4.69, 9.17) is 4.42 Å². The Morgan fingerprint density at radius 3 is 1.65 bits per heavy atom. The predicted octanol–water partition coefficient (Wildman–Crippen LogP) is 14.4. The maximum Gasteiger partial charge on any atom is 0.143 e. The lowest BCUT2D eigenvalue weighted by atomic mass is 9.97. The van der Waals surface area contributed by atoms with E-state index in [1.807, 2.05) is 0 Å². The van der Waals surface area contributed by atoms with Gasteiger partial charge in [0.1, 0.15) is 11.2 Å². The molecule has 1 aromatic heterocycles. The molecule has 244 valence electrons. The first-order valence-electron chi connectivity index (χ1n) is 17.8. The molecule has 0 radical (unpaired) electrons. The molecule has 0 atom stereocenters. The van der Waals surface area contributed by atoms with Crippen LogP contribution in [-0.4, -0.2) is 0 Å². The van der Waals surface area contributed by atoms with Gasteiger partial charge in [-0.25, -0.2) is 0 Å². The second-order valence-corrected chi connectivity index (χ2v) is 13.3. The minimum atomic E-state index is 0.898. The third-order valence-electron chi connectivity index (χ3n) is 10.2. The van der Waals surface area contributed by atoms with Crippen molar-refractivity contribution in [1.82, 2.24) is 0 Å². The Labute approximate surface area is 302 Å². The molecule has 2 heteroatoms. The second-order valence-electron chi connectivity index (χ2n) is 13.3. The highest BCUT2D eigenvalue weighted by atomic mass is 16.3. The zero-order valence-electron chi connectivity index (χ0n) is 28.4. The van der Waals surface area contributed by atoms with Gasteiger partial charge in [-0.1, -0.05) is 164 Å². The van der Waals surface area contributed by atoms with Crippen molar-refractivity contribution < 1.29 is 4.42 Å². The third-order valence-corrected chi connectivity index (χ3v) is 10.2. The Kier molecular flexibility index (Phi) is 7.18. The molecular formula is C50H33NO. The standard InChI is InChI=1S/C50H33NO/c1-3-13-34(14-4-1)37-25-28-41(29-26-37)51(42-30-27-36-17-7-8-18-39(36)32-42)48-33-47-46-24-12-23-43(49(46)52-50(47)45-22-10-9-21-44(45)48)40-20-11-19-38(31-40)35-15-5-2-6-16-35/h1-33H. The summed E-state index contributed by atoms with van der Waals surface area (Å²) in [5.74, 6) is 0. The van der Waals surface area contributed by atoms with E-state index in [0.717, 1.165) is 60.9 Å². The summed E-state index contributed by atoms with van der Waals surface area (Å²) in [6.07, 6.45) is 0. The van der Waals surface area contributed by atoms with Crippen LogP contribution in [-0.2, 0) is 0 Å². The first-order valence-corrected chi connectivity index (χ1v) is 17.8. The lowest BCUT2D eigenvalue weighted by Crippen LogP contribution is -2.10. The van der Waals surface area contributed by atoms with Crippen LogP contribution in [0.5, 0.6) is 0 Å². The molecule has 0 unspecified atom stereocenters. The van der Waals surface area contributed by atoms with E-state index in [2.05, 4.69) is 205 Å². The van der Waals surface area contributed by atoms with Crippen molar-refractivity contribution in [3.8, 4) is 33.4 Å². The van der Waals surface area contributed by atoms with Gasteiger partial charge in [-0.2, -0.15) is 0 Å². The number of furan rings is 1. The Morgan fingerprint density at radius 2 is 0.865 bits per heavy atom. The third kappa shape index (κ3) is 5.12. The van der Waals surface area contributed by atoms with Crippen LogP contribution < -0.4 is 4.90 Å². The number of rotatable bonds is 6. The molecule has 0 saturated heterocycles. The van der Waals surface area contributed by atoms with Gasteiger partial charge in [0.05, 0.1) is 5.69 Å². The summed E-state index contributed by atoms with van der Waals surface area (Å²) >= 11 is 0. The maximum absolute atomic E-state index is 6.95. The fraction of sp³-hybridized carbons (Fsp3) is 0. The van der Waals surface area contributed by atoms with Gasteiger partial charge in [-0.3, -0.25) is 0 Å². The Morgan fingerprint density at radius 1 is 0.308 bits per heavy atom. The van der Waals surface area contributed by atoms with E-state index in [1.54, 1.807) is 0 Å². The van der Waals surface area contributed by atoms with Gasteiger partial charge in [-0.05, 0) is 75.0 Å². The molecule has 0 fully saturated rings. The molecule has 0 aliphatic carbocycles. The molecule has 9 aromatic carbocycles. The van der Waals surface area contributed by atoms with Crippen molar-refractivity contribution in [1.29, 1.82) is 0 Å². The SMILES string of the molecule is c1ccc(-c2ccc(N(c3ccc4ccccc4c3)c3cc4c5cccc(-c6cccc(-c7ccccc7)c6)c5oc4c4ccccc34)cc2)cc1. The fourth-order valence-electron chi connectivity index (χ4n) is 7.69. The van der Waals surface area contributed by atoms with Crippen LogP contribution in [0.3, 0.4) is 0 Å². The Hall–Kier alpha value is -6.90. The minimum absolute atomic E-state index is 0.898. The summed E-state index contributed by atoms with van der Waals surface area (Å²) in [6, 6.07) is 71.6. The van der Waals surface area contributed by atoms with E-state index in [9.17, 15) is 0 Å². The molecule has 0 saturated carbocycles. The van der Waals surface area contributed by atoms with Crippen molar-refractivity contribution in [2.24, 2.45) is 0 Å². The quantitative estimate of drug-likeness (QED) is 0.176. The average molecular weight is 664 g/mol.